The Balaban J connectivity index is 2.48. The first kappa shape index (κ1) is 19.5. The van der Waals surface area contributed by atoms with E-state index < -0.39 is 32.7 Å². The highest BCUT2D eigenvalue weighted by molar-refractivity contribution is 7.89. The Hall–Kier alpha value is -0.870. The predicted molar refractivity (Wildman–Crippen MR) is 83.2 cm³/mol. The summed E-state index contributed by atoms with van der Waals surface area (Å²) in [5.41, 5.74) is 4.35. The molecule has 1 fully saturated rings. The van der Waals surface area contributed by atoms with Crippen LogP contribution in [0.4, 0.5) is 13.2 Å². The monoisotopic (exact) mass is 386 g/mol. The number of benzene rings is 1. The minimum atomic E-state index is -4.84. The highest BCUT2D eigenvalue weighted by atomic mass is 35.5. The van der Waals surface area contributed by atoms with Crippen LogP contribution in [0.2, 0.25) is 5.02 Å². The molecule has 1 heterocycles. The van der Waals surface area contributed by atoms with Gasteiger partial charge < -0.3 is 10.5 Å². The zero-order valence-corrected chi connectivity index (χ0v) is 14.5. The van der Waals surface area contributed by atoms with Crippen LogP contribution >= 0.6 is 11.6 Å². The molecule has 2 atom stereocenters. The Kier molecular flexibility index (Phi) is 5.81. The number of rotatable bonds is 4. The second-order valence-corrected chi connectivity index (χ2v) is 7.82. The van der Waals surface area contributed by atoms with E-state index in [1.54, 1.807) is 0 Å². The van der Waals surface area contributed by atoms with Gasteiger partial charge in [0.05, 0.1) is 16.6 Å². The molecular formula is C14H18ClF3N2O3S. The van der Waals surface area contributed by atoms with Gasteiger partial charge in [-0.15, -0.1) is 0 Å². The van der Waals surface area contributed by atoms with Crippen molar-refractivity contribution < 1.29 is 26.3 Å². The molecule has 2 N–H and O–H groups in total. The Morgan fingerprint density at radius 3 is 2.62 bits per heavy atom. The van der Waals surface area contributed by atoms with Crippen LogP contribution in [-0.4, -0.2) is 45.1 Å². The highest BCUT2D eigenvalue weighted by Gasteiger charge is 2.42. The Morgan fingerprint density at radius 2 is 2.08 bits per heavy atom. The maximum absolute atomic E-state index is 13.2. The topological polar surface area (TPSA) is 72.6 Å². The third-order valence-electron chi connectivity index (χ3n) is 4.05. The second kappa shape index (κ2) is 7.17. The number of halogens is 4. The molecule has 1 aromatic rings. The molecule has 5 nitrogen and oxygen atoms in total. The molecule has 0 aliphatic carbocycles. The van der Waals surface area contributed by atoms with E-state index in [4.69, 9.17) is 22.1 Å². The van der Waals surface area contributed by atoms with Crippen LogP contribution in [0.15, 0.2) is 23.1 Å². The second-order valence-electron chi connectivity index (χ2n) is 5.53. The molecule has 0 spiro atoms. The minimum Gasteiger partial charge on any atom is -0.381 e. The van der Waals surface area contributed by atoms with E-state index in [0.29, 0.717) is 18.9 Å². The fourth-order valence-electron chi connectivity index (χ4n) is 2.81. The molecule has 136 valence electrons. The number of nitrogens with zero attached hydrogens (tertiary/aromatic N) is 1. The smallest absolute Gasteiger partial charge is 0.381 e. The van der Waals surface area contributed by atoms with Crippen molar-refractivity contribution >= 4 is 21.6 Å². The third kappa shape index (κ3) is 3.85. The summed E-state index contributed by atoms with van der Waals surface area (Å²) >= 11 is 5.61. The van der Waals surface area contributed by atoms with Gasteiger partial charge in [-0.1, -0.05) is 11.6 Å². The molecule has 1 aliphatic rings. The molecule has 2 rings (SSSR count). The minimum absolute atomic E-state index is 0.00592. The van der Waals surface area contributed by atoms with E-state index in [9.17, 15) is 21.6 Å². The average Bonchev–Trinajstić information content (AvgIpc) is 2.53. The lowest BCUT2D eigenvalue weighted by Gasteiger charge is -2.37. The maximum Gasteiger partial charge on any atom is 0.417 e. The SMILES string of the molecule is COC1CCN(S(=O)(=O)c2ccc(Cl)cc2C(F)(F)F)C(CN)C1. The van der Waals surface area contributed by atoms with Crippen molar-refractivity contribution in [2.75, 3.05) is 20.2 Å². The molecule has 1 aliphatic heterocycles. The molecule has 0 aromatic heterocycles. The van der Waals surface area contributed by atoms with Crippen molar-refractivity contribution in [3.63, 3.8) is 0 Å². The number of alkyl halides is 3. The molecule has 0 radical (unpaired) electrons. The number of sulfonamides is 1. The molecule has 2 unspecified atom stereocenters. The summed E-state index contributed by atoms with van der Waals surface area (Å²) in [5.74, 6) is 0. The third-order valence-corrected chi connectivity index (χ3v) is 6.30. The molecule has 1 aromatic carbocycles. The summed E-state index contributed by atoms with van der Waals surface area (Å²) < 4.78 is 71.6. The fraction of sp³-hybridized carbons (Fsp3) is 0.571. The lowest BCUT2D eigenvalue weighted by atomic mass is 10.0. The number of ether oxygens (including phenoxy) is 1. The first-order valence-electron chi connectivity index (χ1n) is 7.22. The largest absolute Gasteiger partial charge is 0.417 e. The van der Waals surface area contributed by atoms with Gasteiger partial charge in [-0.2, -0.15) is 17.5 Å². The van der Waals surface area contributed by atoms with Crippen LogP contribution in [0.3, 0.4) is 0 Å². The molecule has 10 heteroatoms. The van der Waals surface area contributed by atoms with Crippen molar-refractivity contribution in [3.8, 4) is 0 Å². The summed E-state index contributed by atoms with van der Waals surface area (Å²) in [7, 11) is -2.86. The molecule has 1 saturated heterocycles. The normalized spacial score (nSPS) is 23.4. The van der Waals surface area contributed by atoms with E-state index >= 15 is 0 Å². The number of hydrogen-bond donors (Lipinski definition) is 1. The van der Waals surface area contributed by atoms with Crippen LogP contribution in [0.5, 0.6) is 0 Å². The van der Waals surface area contributed by atoms with E-state index in [-0.39, 0.29) is 24.2 Å². The Bertz CT molecular complexity index is 697. The lowest BCUT2D eigenvalue weighted by Crippen LogP contribution is -2.51. The van der Waals surface area contributed by atoms with Crippen molar-refractivity contribution in [2.24, 2.45) is 5.73 Å². The van der Waals surface area contributed by atoms with E-state index in [0.717, 1.165) is 16.4 Å². The molecule has 0 saturated carbocycles. The van der Waals surface area contributed by atoms with Crippen molar-refractivity contribution in [1.29, 1.82) is 0 Å². The Labute approximate surface area is 143 Å². The quantitative estimate of drug-likeness (QED) is 0.862. The summed E-state index contributed by atoms with van der Waals surface area (Å²) in [6, 6.07) is 2.01. The van der Waals surface area contributed by atoms with E-state index in [1.807, 2.05) is 0 Å². The van der Waals surface area contributed by atoms with Crippen LogP contribution < -0.4 is 5.73 Å². The maximum atomic E-state index is 13.2. The first-order chi connectivity index (χ1) is 11.1. The van der Waals surface area contributed by atoms with Gasteiger partial charge >= 0.3 is 6.18 Å². The molecular weight excluding hydrogens is 369 g/mol. The predicted octanol–water partition coefficient (Wildman–Crippen LogP) is 2.49. The van der Waals surface area contributed by atoms with Crippen molar-refractivity contribution in [1.82, 2.24) is 4.31 Å². The molecule has 0 amide bonds. The zero-order valence-electron chi connectivity index (χ0n) is 12.9. The first-order valence-corrected chi connectivity index (χ1v) is 9.04. The van der Waals surface area contributed by atoms with Gasteiger partial charge in [0.15, 0.2) is 0 Å². The summed E-state index contributed by atoms with van der Waals surface area (Å²) in [4.78, 5) is -0.811. The van der Waals surface area contributed by atoms with Gasteiger partial charge in [-0.05, 0) is 31.0 Å². The van der Waals surface area contributed by atoms with Crippen LogP contribution in [-0.2, 0) is 20.9 Å². The van der Waals surface area contributed by atoms with Gasteiger partial charge in [0.1, 0.15) is 0 Å². The molecule has 24 heavy (non-hydrogen) atoms. The van der Waals surface area contributed by atoms with E-state index in [2.05, 4.69) is 0 Å². The summed E-state index contributed by atoms with van der Waals surface area (Å²) in [6.07, 6.45) is -4.28. The lowest BCUT2D eigenvalue weighted by molar-refractivity contribution is -0.139. The van der Waals surface area contributed by atoms with Gasteiger partial charge in [0.2, 0.25) is 10.0 Å². The summed E-state index contributed by atoms with van der Waals surface area (Å²) in [5, 5.41) is -0.185. The number of methoxy groups -OCH3 is 1. The summed E-state index contributed by atoms with van der Waals surface area (Å²) in [6.45, 7) is 0.0384. The van der Waals surface area contributed by atoms with Crippen molar-refractivity contribution in [3.05, 3.63) is 28.8 Å². The standard InChI is InChI=1S/C14H18ClF3N2O3S/c1-23-11-4-5-20(10(7-11)8-19)24(21,22)13-3-2-9(15)6-12(13)14(16,17)18/h2-3,6,10-11H,4-5,7-8,19H2,1H3. The van der Waals surface area contributed by atoms with Gasteiger partial charge in [0.25, 0.3) is 0 Å². The van der Waals surface area contributed by atoms with Crippen LogP contribution in [0.1, 0.15) is 18.4 Å². The van der Waals surface area contributed by atoms with Gasteiger partial charge in [-0.3, -0.25) is 0 Å². The average molecular weight is 387 g/mol. The van der Waals surface area contributed by atoms with Crippen LogP contribution in [0, 0.1) is 0 Å². The number of piperidine rings is 1. The van der Waals surface area contributed by atoms with Gasteiger partial charge in [0, 0.05) is 31.3 Å². The van der Waals surface area contributed by atoms with Gasteiger partial charge in [-0.25, -0.2) is 8.42 Å². The fourth-order valence-corrected chi connectivity index (χ4v) is 4.84. The van der Waals surface area contributed by atoms with Crippen LogP contribution in [0.25, 0.3) is 0 Å². The number of hydrogen-bond acceptors (Lipinski definition) is 4. The number of nitrogens with two attached hydrogens (primary N) is 1. The zero-order chi connectivity index (χ0) is 18.1. The highest BCUT2D eigenvalue weighted by Crippen LogP contribution is 2.38. The molecule has 0 bridgehead atoms. The van der Waals surface area contributed by atoms with E-state index in [1.165, 1.54) is 7.11 Å². The van der Waals surface area contributed by atoms with Crippen molar-refractivity contribution in [2.45, 2.75) is 36.1 Å². The Morgan fingerprint density at radius 1 is 1.42 bits per heavy atom.